The van der Waals surface area contributed by atoms with Crippen molar-refractivity contribution < 1.29 is 14.6 Å². The Balaban J connectivity index is 2.99. The largest absolute Gasteiger partial charge is 0.490 e. The van der Waals surface area contributed by atoms with Gasteiger partial charge >= 0.3 is 5.97 Å². The fourth-order valence-electron chi connectivity index (χ4n) is 1.22. The number of benzene rings is 1. The van der Waals surface area contributed by atoms with Crippen LogP contribution in [0, 0.1) is 0 Å². The molecule has 4 heteroatoms. The lowest BCUT2D eigenvalue weighted by Crippen LogP contribution is -2.10. The van der Waals surface area contributed by atoms with E-state index in [1.807, 2.05) is 32.0 Å². The minimum Gasteiger partial charge on any atom is -0.490 e. The minimum absolute atomic E-state index is 0.105. The molecule has 17 heavy (non-hydrogen) atoms. The molecule has 0 heterocycles. The summed E-state index contributed by atoms with van der Waals surface area (Å²) >= 11 is 3.35. The number of carbonyl (C=O) groups is 1. The molecule has 0 bridgehead atoms. The van der Waals surface area contributed by atoms with Gasteiger partial charge in [0.15, 0.2) is 0 Å². The van der Waals surface area contributed by atoms with Gasteiger partial charge in [-0.1, -0.05) is 22.9 Å². The van der Waals surface area contributed by atoms with Crippen LogP contribution in [-0.2, 0) is 4.79 Å². The van der Waals surface area contributed by atoms with Crippen LogP contribution in [0.25, 0.3) is 6.08 Å². The summed E-state index contributed by atoms with van der Waals surface area (Å²) in [6.45, 7) is 4.02. The number of halogens is 1. The standard InChI is InChI=1S/C13H15BrO3/c1-3-9(2)17-12-6-5-11(14)8-10(12)4-7-13(15)16/h4-9H,3H2,1-2H3,(H,15,16)/b7-4+. The first kappa shape index (κ1) is 13.8. The van der Waals surface area contributed by atoms with Crippen molar-refractivity contribution in [1.82, 2.24) is 0 Å². The zero-order valence-corrected chi connectivity index (χ0v) is 11.4. The molecule has 1 aromatic carbocycles. The van der Waals surface area contributed by atoms with Crippen molar-refractivity contribution in [3.63, 3.8) is 0 Å². The number of hydrogen-bond acceptors (Lipinski definition) is 2. The highest BCUT2D eigenvalue weighted by Gasteiger charge is 2.06. The maximum Gasteiger partial charge on any atom is 0.328 e. The van der Waals surface area contributed by atoms with E-state index in [4.69, 9.17) is 9.84 Å². The lowest BCUT2D eigenvalue weighted by Gasteiger charge is -2.14. The highest BCUT2D eigenvalue weighted by atomic mass is 79.9. The average molecular weight is 299 g/mol. The summed E-state index contributed by atoms with van der Waals surface area (Å²) in [4.78, 5) is 10.5. The lowest BCUT2D eigenvalue weighted by atomic mass is 10.2. The maximum atomic E-state index is 10.5. The predicted octanol–water partition coefficient (Wildman–Crippen LogP) is 3.72. The molecule has 0 aliphatic carbocycles. The Hall–Kier alpha value is -1.29. The van der Waals surface area contributed by atoms with Gasteiger partial charge in [-0.15, -0.1) is 0 Å². The van der Waals surface area contributed by atoms with Crippen LogP contribution in [-0.4, -0.2) is 17.2 Å². The van der Waals surface area contributed by atoms with Gasteiger partial charge in [0, 0.05) is 16.1 Å². The van der Waals surface area contributed by atoms with Gasteiger partial charge in [0.2, 0.25) is 0 Å². The molecule has 0 amide bonds. The van der Waals surface area contributed by atoms with Crippen molar-refractivity contribution in [1.29, 1.82) is 0 Å². The van der Waals surface area contributed by atoms with Crippen LogP contribution < -0.4 is 4.74 Å². The molecule has 1 N–H and O–H groups in total. The molecule has 1 aromatic rings. The van der Waals surface area contributed by atoms with Crippen molar-refractivity contribution in [3.8, 4) is 5.75 Å². The molecule has 1 unspecified atom stereocenters. The fraction of sp³-hybridized carbons (Fsp3) is 0.308. The van der Waals surface area contributed by atoms with E-state index in [0.29, 0.717) is 5.75 Å². The van der Waals surface area contributed by atoms with Gasteiger partial charge in [0.05, 0.1) is 6.10 Å². The summed E-state index contributed by atoms with van der Waals surface area (Å²) in [6.07, 6.45) is 3.64. The van der Waals surface area contributed by atoms with Gasteiger partial charge in [-0.3, -0.25) is 0 Å². The molecule has 1 rings (SSSR count). The Morgan fingerprint density at radius 3 is 2.88 bits per heavy atom. The van der Waals surface area contributed by atoms with Gasteiger partial charge in [0.1, 0.15) is 5.75 Å². The molecule has 0 radical (unpaired) electrons. The van der Waals surface area contributed by atoms with Crippen LogP contribution in [0.15, 0.2) is 28.7 Å². The van der Waals surface area contributed by atoms with Crippen molar-refractivity contribution >= 4 is 28.0 Å². The Morgan fingerprint density at radius 1 is 1.59 bits per heavy atom. The van der Waals surface area contributed by atoms with Gasteiger partial charge in [-0.2, -0.15) is 0 Å². The smallest absolute Gasteiger partial charge is 0.328 e. The molecule has 0 aliphatic heterocycles. The number of ether oxygens (including phenoxy) is 1. The number of carboxylic acid groups (broad SMARTS) is 1. The van der Waals surface area contributed by atoms with E-state index in [-0.39, 0.29) is 6.10 Å². The minimum atomic E-state index is -0.973. The maximum absolute atomic E-state index is 10.5. The first-order valence-corrected chi connectivity index (χ1v) is 6.19. The summed E-state index contributed by atoms with van der Waals surface area (Å²) in [5.41, 5.74) is 0.752. The van der Waals surface area contributed by atoms with E-state index in [1.54, 1.807) is 0 Å². The third kappa shape index (κ3) is 4.61. The zero-order chi connectivity index (χ0) is 12.8. The number of hydrogen-bond donors (Lipinski definition) is 1. The number of rotatable bonds is 5. The Labute approximate surface area is 109 Å². The highest BCUT2D eigenvalue weighted by molar-refractivity contribution is 9.10. The zero-order valence-electron chi connectivity index (χ0n) is 9.81. The van der Waals surface area contributed by atoms with Crippen molar-refractivity contribution in [2.24, 2.45) is 0 Å². The second-order valence-corrected chi connectivity index (χ2v) is 4.61. The molecule has 0 saturated heterocycles. The molecular formula is C13H15BrO3. The van der Waals surface area contributed by atoms with Crippen LogP contribution in [0.4, 0.5) is 0 Å². The molecule has 92 valence electrons. The second-order valence-electron chi connectivity index (χ2n) is 3.69. The molecule has 3 nitrogen and oxygen atoms in total. The van der Waals surface area contributed by atoms with E-state index in [2.05, 4.69) is 15.9 Å². The van der Waals surface area contributed by atoms with E-state index in [0.717, 1.165) is 22.5 Å². The number of aliphatic carboxylic acids is 1. The summed E-state index contributed by atoms with van der Waals surface area (Å²) in [5, 5.41) is 8.62. The van der Waals surface area contributed by atoms with Crippen LogP contribution >= 0.6 is 15.9 Å². The molecular weight excluding hydrogens is 284 g/mol. The van der Waals surface area contributed by atoms with Crippen LogP contribution in [0.2, 0.25) is 0 Å². The monoisotopic (exact) mass is 298 g/mol. The third-order valence-corrected chi connectivity index (χ3v) is 2.77. The lowest BCUT2D eigenvalue weighted by molar-refractivity contribution is -0.131. The summed E-state index contributed by atoms with van der Waals surface area (Å²) < 4.78 is 6.60. The van der Waals surface area contributed by atoms with Gasteiger partial charge in [-0.05, 0) is 37.6 Å². The van der Waals surface area contributed by atoms with E-state index < -0.39 is 5.97 Å². The van der Waals surface area contributed by atoms with Crippen LogP contribution in [0.3, 0.4) is 0 Å². The molecule has 0 spiro atoms. The SMILES string of the molecule is CCC(C)Oc1ccc(Br)cc1/C=C/C(=O)O. The van der Waals surface area contributed by atoms with Crippen LogP contribution in [0.5, 0.6) is 5.75 Å². The molecule has 0 aliphatic rings. The first-order chi connectivity index (χ1) is 8.02. The van der Waals surface area contributed by atoms with E-state index in [9.17, 15) is 4.79 Å². The quantitative estimate of drug-likeness (QED) is 0.843. The molecule has 0 saturated carbocycles. The van der Waals surface area contributed by atoms with Gasteiger partial charge < -0.3 is 9.84 Å². The van der Waals surface area contributed by atoms with Crippen LogP contribution in [0.1, 0.15) is 25.8 Å². The van der Waals surface area contributed by atoms with E-state index >= 15 is 0 Å². The topological polar surface area (TPSA) is 46.5 Å². The second kappa shape index (κ2) is 6.45. The van der Waals surface area contributed by atoms with Gasteiger partial charge in [-0.25, -0.2) is 4.79 Å². The summed E-state index contributed by atoms with van der Waals surface area (Å²) in [6, 6.07) is 5.53. The Bertz CT molecular complexity index is 427. The number of carboxylic acids is 1. The molecule has 0 fully saturated rings. The first-order valence-electron chi connectivity index (χ1n) is 5.40. The molecule has 1 atom stereocenters. The van der Waals surface area contributed by atoms with Crippen molar-refractivity contribution in [3.05, 3.63) is 34.3 Å². The van der Waals surface area contributed by atoms with Gasteiger partial charge in [0.25, 0.3) is 0 Å². The third-order valence-electron chi connectivity index (χ3n) is 2.28. The Morgan fingerprint density at radius 2 is 2.29 bits per heavy atom. The van der Waals surface area contributed by atoms with E-state index in [1.165, 1.54) is 6.08 Å². The normalized spacial score (nSPS) is 12.6. The average Bonchev–Trinajstić information content (AvgIpc) is 2.29. The fourth-order valence-corrected chi connectivity index (χ4v) is 1.60. The molecule has 0 aromatic heterocycles. The summed E-state index contributed by atoms with van der Waals surface area (Å²) in [7, 11) is 0. The Kier molecular flexibility index (Phi) is 5.22. The van der Waals surface area contributed by atoms with Crippen molar-refractivity contribution in [2.45, 2.75) is 26.4 Å². The van der Waals surface area contributed by atoms with Crippen molar-refractivity contribution in [2.75, 3.05) is 0 Å². The summed E-state index contributed by atoms with van der Waals surface area (Å²) in [5.74, 6) is -0.278. The predicted molar refractivity (Wildman–Crippen MR) is 71.2 cm³/mol. The highest BCUT2D eigenvalue weighted by Crippen LogP contribution is 2.25.